The number of hydrogen-bond acceptors (Lipinski definition) is 4. The first-order chi connectivity index (χ1) is 10.7. The smallest absolute Gasteiger partial charge is 0.336 e. The van der Waals surface area contributed by atoms with Gasteiger partial charge < -0.3 is 9.52 Å². The van der Waals surface area contributed by atoms with Crippen LogP contribution in [0.1, 0.15) is 16.2 Å². The highest BCUT2D eigenvalue weighted by molar-refractivity contribution is 7.98. The van der Waals surface area contributed by atoms with Crippen LogP contribution in [0.2, 0.25) is 0 Å². The van der Waals surface area contributed by atoms with Gasteiger partial charge >= 0.3 is 5.97 Å². The number of nitrogens with zero attached hydrogens (tertiary/aromatic N) is 1. The van der Waals surface area contributed by atoms with Gasteiger partial charge in [-0.05, 0) is 12.1 Å². The van der Waals surface area contributed by atoms with Crippen molar-refractivity contribution < 1.29 is 14.3 Å². The lowest BCUT2D eigenvalue weighted by Crippen LogP contribution is -1.98. The Morgan fingerprint density at radius 3 is 2.59 bits per heavy atom. The average Bonchev–Trinajstić information content (AvgIpc) is 3.03. The first-order valence-corrected chi connectivity index (χ1v) is 7.68. The summed E-state index contributed by atoms with van der Waals surface area (Å²) in [7, 11) is 0. The maximum absolute atomic E-state index is 11.2. The zero-order valence-electron chi connectivity index (χ0n) is 11.6. The Morgan fingerprint density at radius 1 is 1.09 bits per heavy atom. The van der Waals surface area contributed by atoms with Crippen molar-refractivity contribution in [2.24, 2.45) is 0 Å². The number of thioether (sulfide) groups is 1. The zero-order valence-corrected chi connectivity index (χ0v) is 12.4. The van der Waals surface area contributed by atoms with E-state index in [1.807, 2.05) is 36.4 Å². The minimum Gasteiger partial charge on any atom is -0.478 e. The summed E-state index contributed by atoms with van der Waals surface area (Å²) >= 11 is 1.40. The molecule has 0 aliphatic carbocycles. The fraction of sp³-hybridized carbons (Fsp3) is 0.0588. The highest BCUT2D eigenvalue weighted by atomic mass is 32.2. The van der Waals surface area contributed by atoms with Crippen molar-refractivity contribution in [1.29, 1.82) is 0 Å². The Balaban J connectivity index is 1.73. The molecule has 0 bridgehead atoms. The Morgan fingerprint density at radius 2 is 1.82 bits per heavy atom. The van der Waals surface area contributed by atoms with Crippen LogP contribution in [-0.2, 0) is 5.75 Å². The molecule has 0 fully saturated rings. The van der Waals surface area contributed by atoms with Crippen LogP contribution in [0.4, 0.5) is 0 Å². The van der Waals surface area contributed by atoms with Gasteiger partial charge in [-0.15, -0.1) is 11.8 Å². The van der Waals surface area contributed by atoms with Crippen molar-refractivity contribution in [3.05, 3.63) is 72.2 Å². The Hall–Kier alpha value is -2.53. The highest BCUT2D eigenvalue weighted by Gasteiger charge is 2.11. The molecule has 0 radical (unpaired) electrons. The van der Waals surface area contributed by atoms with Crippen LogP contribution in [-0.4, -0.2) is 16.1 Å². The van der Waals surface area contributed by atoms with Gasteiger partial charge in [0.1, 0.15) is 0 Å². The number of hydrogen-bond donors (Lipinski definition) is 1. The lowest BCUT2D eigenvalue weighted by atomic mass is 10.2. The van der Waals surface area contributed by atoms with E-state index < -0.39 is 5.97 Å². The number of aromatic nitrogens is 1. The van der Waals surface area contributed by atoms with Crippen molar-refractivity contribution in [2.45, 2.75) is 10.6 Å². The molecule has 0 saturated heterocycles. The van der Waals surface area contributed by atoms with E-state index in [9.17, 15) is 4.79 Å². The van der Waals surface area contributed by atoms with Gasteiger partial charge in [-0.3, -0.25) is 0 Å². The molecule has 0 amide bonds. The van der Waals surface area contributed by atoms with Crippen LogP contribution in [0.15, 0.2) is 70.1 Å². The summed E-state index contributed by atoms with van der Waals surface area (Å²) in [5.74, 6) is 0.837. The fourth-order valence-corrected chi connectivity index (χ4v) is 2.92. The molecule has 0 atom stereocenters. The monoisotopic (exact) mass is 311 g/mol. The first-order valence-electron chi connectivity index (χ1n) is 6.69. The van der Waals surface area contributed by atoms with Gasteiger partial charge in [0.15, 0.2) is 5.76 Å². The third kappa shape index (κ3) is 3.20. The average molecular weight is 311 g/mol. The summed E-state index contributed by atoms with van der Waals surface area (Å²) in [5.41, 5.74) is 1.26. The van der Waals surface area contributed by atoms with Crippen LogP contribution in [0, 0.1) is 0 Å². The van der Waals surface area contributed by atoms with Crippen molar-refractivity contribution in [3.8, 4) is 11.3 Å². The maximum atomic E-state index is 11.2. The van der Waals surface area contributed by atoms with Crippen LogP contribution < -0.4 is 0 Å². The minimum atomic E-state index is -0.930. The van der Waals surface area contributed by atoms with E-state index in [-0.39, 0.29) is 0 Å². The van der Waals surface area contributed by atoms with Gasteiger partial charge in [-0.1, -0.05) is 42.5 Å². The molecule has 0 unspecified atom stereocenters. The number of carboxylic acid groups (broad SMARTS) is 1. The Kier molecular flexibility index (Phi) is 4.25. The number of carbonyl (C=O) groups is 1. The quantitative estimate of drug-likeness (QED) is 0.710. The summed E-state index contributed by atoms with van der Waals surface area (Å²) < 4.78 is 5.71. The molecular weight excluding hydrogens is 298 g/mol. The van der Waals surface area contributed by atoms with Crippen molar-refractivity contribution in [2.75, 3.05) is 0 Å². The molecule has 110 valence electrons. The van der Waals surface area contributed by atoms with E-state index in [1.54, 1.807) is 24.4 Å². The normalized spacial score (nSPS) is 10.5. The number of aromatic carboxylic acids is 1. The zero-order chi connectivity index (χ0) is 15.4. The molecule has 0 spiro atoms. The molecule has 0 aliphatic rings. The Bertz CT molecular complexity index is 783. The summed E-state index contributed by atoms with van der Waals surface area (Å²) in [6.45, 7) is 0. The molecule has 5 heteroatoms. The molecule has 1 N–H and O–H groups in total. The molecule has 0 aliphatic heterocycles. The molecule has 2 aromatic carbocycles. The third-order valence-electron chi connectivity index (χ3n) is 3.08. The summed E-state index contributed by atoms with van der Waals surface area (Å²) in [6, 6.07) is 16.6. The van der Waals surface area contributed by atoms with Crippen molar-refractivity contribution in [3.63, 3.8) is 0 Å². The largest absolute Gasteiger partial charge is 0.478 e. The van der Waals surface area contributed by atoms with Gasteiger partial charge in [-0.2, -0.15) is 0 Å². The van der Waals surface area contributed by atoms with Gasteiger partial charge in [0.05, 0.1) is 17.5 Å². The van der Waals surface area contributed by atoms with Crippen LogP contribution in [0.3, 0.4) is 0 Å². The van der Waals surface area contributed by atoms with E-state index in [2.05, 4.69) is 4.98 Å². The van der Waals surface area contributed by atoms with Gasteiger partial charge in [0.25, 0.3) is 0 Å². The number of rotatable bonds is 5. The van der Waals surface area contributed by atoms with Gasteiger partial charge in [0.2, 0.25) is 5.89 Å². The molecule has 4 nitrogen and oxygen atoms in total. The van der Waals surface area contributed by atoms with Gasteiger partial charge in [0, 0.05) is 10.5 Å². The topological polar surface area (TPSA) is 63.3 Å². The standard InChI is InChI=1S/C17H13NO3S/c19-17(20)13-8-4-5-9-15(13)22-11-16-18-10-14(21-16)12-6-2-1-3-7-12/h1-10H,11H2,(H,19,20). The number of oxazole rings is 1. The van der Waals surface area contributed by atoms with E-state index in [1.165, 1.54) is 11.8 Å². The first kappa shape index (κ1) is 14.4. The second-order valence-electron chi connectivity index (χ2n) is 4.57. The molecule has 3 aromatic rings. The van der Waals surface area contributed by atoms with E-state index in [4.69, 9.17) is 9.52 Å². The maximum Gasteiger partial charge on any atom is 0.336 e. The van der Waals surface area contributed by atoms with Gasteiger partial charge in [-0.25, -0.2) is 9.78 Å². The van der Waals surface area contributed by atoms with Crippen LogP contribution in [0.25, 0.3) is 11.3 Å². The third-order valence-corrected chi connectivity index (χ3v) is 4.14. The molecule has 1 heterocycles. The van der Waals surface area contributed by atoms with Crippen molar-refractivity contribution >= 4 is 17.7 Å². The summed E-state index contributed by atoms with van der Waals surface area (Å²) in [5, 5.41) is 9.16. The van der Waals surface area contributed by atoms with E-state index in [0.717, 1.165) is 5.56 Å². The molecule has 22 heavy (non-hydrogen) atoms. The molecule has 3 rings (SSSR count). The lowest BCUT2D eigenvalue weighted by molar-refractivity contribution is 0.0693. The SMILES string of the molecule is O=C(O)c1ccccc1SCc1ncc(-c2ccccc2)o1. The van der Waals surface area contributed by atoms with Crippen LogP contribution in [0.5, 0.6) is 0 Å². The van der Waals surface area contributed by atoms with E-state index >= 15 is 0 Å². The molecule has 1 aromatic heterocycles. The molecule has 0 saturated carbocycles. The second kappa shape index (κ2) is 6.49. The number of carboxylic acids is 1. The Labute approximate surface area is 131 Å². The summed E-state index contributed by atoms with van der Waals surface area (Å²) in [4.78, 5) is 16.1. The van der Waals surface area contributed by atoms with E-state index in [0.29, 0.717) is 27.9 Å². The van der Waals surface area contributed by atoms with Crippen molar-refractivity contribution in [1.82, 2.24) is 4.98 Å². The predicted octanol–water partition coefficient (Wildman–Crippen LogP) is 4.33. The second-order valence-corrected chi connectivity index (χ2v) is 5.59. The summed E-state index contributed by atoms with van der Waals surface area (Å²) in [6.07, 6.45) is 1.69. The lowest BCUT2D eigenvalue weighted by Gasteiger charge is -2.03. The minimum absolute atomic E-state index is 0.294. The highest BCUT2D eigenvalue weighted by Crippen LogP contribution is 2.28. The van der Waals surface area contributed by atoms with Crippen LogP contribution >= 0.6 is 11.8 Å². The fourth-order valence-electron chi connectivity index (χ4n) is 2.02. The number of benzene rings is 2. The predicted molar refractivity (Wildman–Crippen MR) is 84.9 cm³/mol. The molecular formula is C17H13NO3S.